The van der Waals surface area contributed by atoms with Crippen molar-refractivity contribution in [1.29, 1.82) is 0 Å². The van der Waals surface area contributed by atoms with Gasteiger partial charge in [0.1, 0.15) is 0 Å². The maximum absolute atomic E-state index is 10.7. The first-order valence-electron chi connectivity index (χ1n) is 5.87. The number of carboxylic acid groups (broad SMARTS) is 1. The molecule has 0 saturated carbocycles. The summed E-state index contributed by atoms with van der Waals surface area (Å²) in [5, 5.41) is 23.1. The van der Waals surface area contributed by atoms with Gasteiger partial charge in [0.2, 0.25) is 5.95 Å². The number of benzene rings is 1. The van der Waals surface area contributed by atoms with E-state index in [4.69, 9.17) is 5.11 Å². The average molecular weight is 261 g/mol. The van der Waals surface area contributed by atoms with Crippen LogP contribution in [0.5, 0.6) is 0 Å². The van der Waals surface area contributed by atoms with Crippen LogP contribution >= 0.6 is 0 Å². The summed E-state index contributed by atoms with van der Waals surface area (Å²) in [6, 6.07) is 6.98. The second-order valence-electron chi connectivity index (χ2n) is 4.38. The van der Waals surface area contributed by atoms with E-state index in [0.29, 0.717) is 11.5 Å². The van der Waals surface area contributed by atoms with Gasteiger partial charge in [0.05, 0.1) is 5.56 Å². The molecule has 0 spiro atoms. The van der Waals surface area contributed by atoms with Gasteiger partial charge in [-0.2, -0.15) is 0 Å². The molecule has 0 aliphatic carbocycles. The third kappa shape index (κ3) is 3.27. The number of aromatic carboxylic acids is 1. The Morgan fingerprint density at radius 2 is 2.11 bits per heavy atom. The van der Waals surface area contributed by atoms with Crippen molar-refractivity contribution in [3.05, 3.63) is 35.4 Å². The topological polar surface area (TPSA) is 92.9 Å². The number of rotatable bonds is 5. The summed E-state index contributed by atoms with van der Waals surface area (Å²) in [4.78, 5) is 10.7. The van der Waals surface area contributed by atoms with Gasteiger partial charge >= 0.3 is 5.97 Å². The lowest BCUT2D eigenvalue weighted by Crippen LogP contribution is -2.20. The van der Waals surface area contributed by atoms with Crippen LogP contribution in [-0.2, 0) is 13.5 Å². The fourth-order valence-electron chi connectivity index (χ4n) is 1.76. The normalized spacial score (nSPS) is 12.1. The van der Waals surface area contributed by atoms with Gasteiger partial charge in [-0.1, -0.05) is 17.2 Å². The van der Waals surface area contributed by atoms with Crippen LogP contribution in [0.1, 0.15) is 22.8 Å². The van der Waals surface area contributed by atoms with Gasteiger partial charge in [-0.15, -0.1) is 0 Å². The van der Waals surface area contributed by atoms with Crippen LogP contribution in [0.4, 0.5) is 5.95 Å². The molecule has 0 saturated heterocycles. The monoisotopic (exact) mass is 261 g/mol. The molecular formula is C12H15N5O2. The van der Waals surface area contributed by atoms with Crippen LogP contribution in [0.2, 0.25) is 0 Å². The summed E-state index contributed by atoms with van der Waals surface area (Å²) in [7, 11) is 1.76. The Morgan fingerprint density at radius 3 is 2.63 bits per heavy atom. The number of carboxylic acids is 1. The molecule has 2 N–H and O–H groups in total. The maximum atomic E-state index is 10.7. The third-order valence-electron chi connectivity index (χ3n) is 2.74. The molecule has 1 aromatic heterocycles. The minimum atomic E-state index is -0.914. The molecule has 1 heterocycles. The molecule has 7 heteroatoms. The standard InChI is InChI=1S/C12H15N5O2/c1-8(13-12-14-15-16-17(12)2)7-9-3-5-10(6-4-9)11(18)19/h3-6,8H,7H2,1-2H3,(H,18,19)(H,13,14,16). The second kappa shape index (κ2) is 5.47. The zero-order valence-electron chi connectivity index (χ0n) is 10.7. The molecule has 2 rings (SSSR count). The number of hydrogen-bond donors (Lipinski definition) is 2. The van der Waals surface area contributed by atoms with Crippen LogP contribution in [0.25, 0.3) is 0 Å². The van der Waals surface area contributed by atoms with Gasteiger partial charge in [0.15, 0.2) is 0 Å². The van der Waals surface area contributed by atoms with E-state index in [1.54, 1.807) is 23.9 Å². The van der Waals surface area contributed by atoms with E-state index < -0.39 is 5.97 Å². The molecule has 0 bridgehead atoms. The third-order valence-corrected chi connectivity index (χ3v) is 2.74. The summed E-state index contributed by atoms with van der Waals surface area (Å²) in [5.74, 6) is -0.308. The second-order valence-corrected chi connectivity index (χ2v) is 4.38. The molecule has 7 nitrogen and oxygen atoms in total. The number of aryl methyl sites for hydroxylation is 1. The van der Waals surface area contributed by atoms with Crippen molar-refractivity contribution in [2.75, 3.05) is 5.32 Å². The summed E-state index contributed by atoms with van der Waals surface area (Å²) in [6.45, 7) is 2.01. The number of anilines is 1. The molecule has 2 aromatic rings. The van der Waals surface area contributed by atoms with E-state index in [1.807, 2.05) is 19.1 Å². The highest BCUT2D eigenvalue weighted by Gasteiger charge is 2.08. The Hall–Kier alpha value is -2.44. The van der Waals surface area contributed by atoms with Gasteiger partial charge in [-0.3, -0.25) is 0 Å². The summed E-state index contributed by atoms with van der Waals surface area (Å²) >= 11 is 0. The predicted octanol–water partition coefficient (Wildman–Crippen LogP) is 0.951. The van der Waals surface area contributed by atoms with Crippen molar-refractivity contribution in [2.45, 2.75) is 19.4 Å². The summed E-state index contributed by atoms with van der Waals surface area (Å²) < 4.78 is 1.56. The van der Waals surface area contributed by atoms with Crippen molar-refractivity contribution < 1.29 is 9.90 Å². The highest BCUT2D eigenvalue weighted by Crippen LogP contribution is 2.09. The van der Waals surface area contributed by atoms with Crippen LogP contribution in [-0.4, -0.2) is 37.3 Å². The van der Waals surface area contributed by atoms with Gasteiger partial charge in [0, 0.05) is 13.1 Å². The molecule has 1 atom stereocenters. The first kappa shape index (κ1) is 13.0. The Labute approximate surface area is 110 Å². The molecule has 0 fully saturated rings. The Balaban J connectivity index is 1.97. The zero-order valence-corrected chi connectivity index (χ0v) is 10.7. The number of nitrogens with zero attached hydrogens (tertiary/aromatic N) is 4. The molecule has 0 amide bonds. The molecule has 1 unspecified atom stereocenters. The quantitative estimate of drug-likeness (QED) is 0.832. The summed E-state index contributed by atoms with van der Waals surface area (Å²) in [5.41, 5.74) is 1.35. The lowest BCUT2D eigenvalue weighted by atomic mass is 10.1. The highest BCUT2D eigenvalue weighted by atomic mass is 16.4. The van der Waals surface area contributed by atoms with Crippen molar-refractivity contribution in [3.8, 4) is 0 Å². The number of carbonyl (C=O) groups is 1. The van der Waals surface area contributed by atoms with Crippen molar-refractivity contribution >= 4 is 11.9 Å². The fraction of sp³-hybridized carbons (Fsp3) is 0.333. The van der Waals surface area contributed by atoms with Gasteiger partial charge < -0.3 is 10.4 Å². The summed E-state index contributed by atoms with van der Waals surface area (Å²) in [6.07, 6.45) is 0.757. The number of hydrogen-bond acceptors (Lipinski definition) is 5. The van der Waals surface area contributed by atoms with Crippen molar-refractivity contribution in [3.63, 3.8) is 0 Å². The van der Waals surface area contributed by atoms with Crippen molar-refractivity contribution in [2.24, 2.45) is 7.05 Å². The molecule has 0 aliphatic rings. The SMILES string of the molecule is CC(Cc1ccc(C(=O)O)cc1)Nc1nnnn1C. The zero-order chi connectivity index (χ0) is 13.8. The smallest absolute Gasteiger partial charge is 0.335 e. The molecule has 1 aromatic carbocycles. The largest absolute Gasteiger partial charge is 0.478 e. The predicted molar refractivity (Wildman–Crippen MR) is 69.0 cm³/mol. The van der Waals surface area contributed by atoms with Gasteiger partial charge in [-0.05, 0) is 41.5 Å². The minimum absolute atomic E-state index is 0.139. The molecule has 0 radical (unpaired) electrons. The fourth-order valence-corrected chi connectivity index (χ4v) is 1.76. The van der Waals surface area contributed by atoms with E-state index in [-0.39, 0.29) is 6.04 Å². The van der Waals surface area contributed by atoms with Crippen LogP contribution in [0, 0.1) is 0 Å². The Kier molecular flexibility index (Phi) is 3.74. The maximum Gasteiger partial charge on any atom is 0.335 e. The van der Waals surface area contributed by atoms with E-state index in [0.717, 1.165) is 12.0 Å². The van der Waals surface area contributed by atoms with E-state index in [9.17, 15) is 4.79 Å². The van der Waals surface area contributed by atoms with Crippen LogP contribution in [0.3, 0.4) is 0 Å². The van der Waals surface area contributed by atoms with E-state index in [2.05, 4.69) is 20.8 Å². The molecule has 19 heavy (non-hydrogen) atoms. The van der Waals surface area contributed by atoms with Crippen molar-refractivity contribution in [1.82, 2.24) is 20.2 Å². The number of tetrazole rings is 1. The average Bonchev–Trinajstić information content (AvgIpc) is 2.75. The van der Waals surface area contributed by atoms with Gasteiger partial charge in [-0.25, -0.2) is 9.48 Å². The first-order chi connectivity index (χ1) is 9.06. The molecule has 100 valence electrons. The number of aromatic nitrogens is 4. The minimum Gasteiger partial charge on any atom is -0.478 e. The van der Waals surface area contributed by atoms with E-state index >= 15 is 0 Å². The Bertz CT molecular complexity index is 564. The molecular weight excluding hydrogens is 246 g/mol. The molecule has 0 aliphatic heterocycles. The lowest BCUT2D eigenvalue weighted by Gasteiger charge is -2.13. The Morgan fingerprint density at radius 1 is 1.42 bits per heavy atom. The van der Waals surface area contributed by atoms with Gasteiger partial charge in [0.25, 0.3) is 0 Å². The lowest BCUT2D eigenvalue weighted by molar-refractivity contribution is 0.0697. The van der Waals surface area contributed by atoms with Crippen LogP contribution in [0.15, 0.2) is 24.3 Å². The number of nitrogens with one attached hydrogen (secondary N) is 1. The van der Waals surface area contributed by atoms with E-state index in [1.165, 1.54) is 0 Å². The van der Waals surface area contributed by atoms with Crippen LogP contribution < -0.4 is 5.32 Å². The highest BCUT2D eigenvalue weighted by molar-refractivity contribution is 5.87. The first-order valence-corrected chi connectivity index (χ1v) is 5.87.